The third-order valence-electron chi connectivity index (χ3n) is 5.14. The topological polar surface area (TPSA) is 76.6 Å². The van der Waals surface area contributed by atoms with Crippen LogP contribution in [0.15, 0.2) is 23.2 Å². The lowest BCUT2D eigenvalue weighted by atomic mass is 9.81. The fourth-order valence-corrected chi connectivity index (χ4v) is 4.76. The minimum Gasteiger partial charge on any atom is -0.479 e. The van der Waals surface area contributed by atoms with Crippen LogP contribution in [0.3, 0.4) is 0 Å². The molecule has 1 fully saturated rings. The van der Waals surface area contributed by atoms with Crippen molar-refractivity contribution >= 4 is 22.9 Å². The fraction of sp³-hybridized carbons (Fsp3) is 0.389. The number of thioether (sulfide) groups is 1. The summed E-state index contributed by atoms with van der Waals surface area (Å²) in [5, 5.41) is 0.315. The van der Waals surface area contributed by atoms with Crippen molar-refractivity contribution in [2.75, 3.05) is 30.9 Å². The number of benzene rings is 1. The van der Waals surface area contributed by atoms with Gasteiger partial charge in [0, 0.05) is 23.8 Å². The van der Waals surface area contributed by atoms with Gasteiger partial charge in [-0.2, -0.15) is 9.37 Å². The summed E-state index contributed by atoms with van der Waals surface area (Å²) in [5.74, 6) is -1.22. The average Bonchev–Trinajstić information content (AvgIpc) is 3.05. The Bertz CT molecular complexity index is 972. The van der Waals surface area contributed by atoms with Crippen molar-refractivity contribution in [1.29, 1.82) is 0 Å². The van der Waals surface area contributed by atoms with Gasteiger partial charge in [-0.15, -0.1) is 0 Å². The molecule has 0 bridgehead atoms. The van der Waals surface area contributed by atoms with Gasteiger partial charge in [-0.25, -0.2) is 18.8 Å². The number of amidine groups is 1. The summed E-state index contributed by atoms with van der Waals surface area (Å²) in [6.07, 6.45) is 0. The van der Waals surface area contributed by atoms with E-state index in [2.05, 4.69) is 15.0 Å². The molecule has 6 nitrogen and oxygen atoms in total. The number of ether oxygens (including phenoxy) is 1. The van der Waals surface area contributed by atoms with Gasteiger partial charge in [0.15, 0.2) is 5.17 Å². The number of hydrogen-bond donors (Lipinski definition) is 1. The third kappa shape index (κ3) is 2.95. The highest BCUT2D eigenvalue weighted by atomic mass is 32.2. The van der Waals surface area contributed by atoms with Gasteiger partial charge in [0.2, 0.25) is 11.8 Å². The first-order valence-electron chi connectivity index (χ1n) is 8.61. The first-order chi connectivity index (χ1) is 13.3. The van der Waals surface area contributed by atoms with Crippen LogP contribution >= 0.6 is 11.8 Å². The number of rotatable bonds is 3. The third-order valence-corrected chi connectivity index (χ3v) is 6.09. The Morgan fingerprint density at radius 1 is 1.29 bits per heavy atom. The van der Waals surface area contributed by atoms with Crippen LogP contribution in [0.2, 0.25) is 0 Å². The van der Waals surface area contributed by atoms with E-state index >= 15 is 0 Å². The van der Waals surface area contributed by atoms with E-state index in [4.69, 9.17) is 10.5 Å². The first kappa shape index (κ1) is 18.9. The summed E-state index contributed by atoms with van der Waals surface area (Å²) < 4.78 is 47.6. The molecule has 0 amide bonds. The van der Waals surface area contributed by atoms with Gasteiger partial charge in [0.05, 0.1) is 19.3 Å². The van der Waals surface area contributed by atoms with Crippen molar-refractivity contribution in [1.82, 2.24) is 9.97 Å². The number of halogens is 3. The molecule has 1 aromatic heterocycles. The van der Waals surface area contributed by atoms with Gasteiger partial charge >= 0.3 is 0 Å². The number of hydrogen-bond acceptors (Lipinski definition) is 7. The van der Waals surface area contributed by atoms with Gasteiger partial charge in [0.1, 0.15) is 17.2 Å². The molecule has 0 aliphatic carbocycles. The lowest BCUT2D eigenvalue weighted by Crippen LogP contribution is -2.40. The molecule has 0 radical (unpaired) electrons. The SMILES string of the molecule is COc1nc(N2CC3CSC(N)=NC3(c3cc(F)ccc3F)C2)nc(C)c1F. The standard InChI is InChI=1S/C18H18F3N5OS/c1-9-14(21)15(27-2)24-17(23-9)26-6-10-7-28-16(22)25-18(10,8-26)12-5-11(19)3-4-13(12)20/h3-5,10H,6-8H2,1-2H3,(H2,22,25). The number of anilines is 1. The Balaban J connectivity index is 1.81. The van der Waals surface area contributed by atoms with Gasteiger partial charge in [-0.1, -0.05) is 11.8 Å². The van der Waals surface area contributed by atoms with Crippen LogP contribution in [-0.2, 0) is 5.54 Å². The maximum Gasteiger partial charge on any atom is 0.255 e. The molecule has 0 spiro atoms. The zero-order valence-electron chi connectivity index (χ0n) is 15.2. The van der Waals surface area contributed by atoms with E-state index in [-0.39, 0.29) is 35.5 Å². The zero-order valence-corrected chi connectivity index (χ0v) is 16.1. The van der Waals surface area contributed by atoms with Crippen molar-refractivity contribution in [3.8, 4) is 5.88 Å². The Labute approximate surface area is 164 Å². The minimum atomic E-state index is -1.07. The van der Waals surface area contributed by atoms with E-state index in [1.165, 1.54) is 25.8 Å². The molecule has 2 aliphatic rings. The lowest BCUT2D eigenvalue weighted by Gasteiger charge is -2.34. The number of fused-ring (bicyclic) bond motifs is 1. The number of methoxy groups -OCH3 is 1. The summed E-state index contributed by atoms with van der Waals surface area (Å²) in [7, 11) is 1.32. The summed E-state index contributed by atoms with van der Waals surface area (Å²) in [5.41, 5.74) is 5.17. The van der Waals surface area contributed by atoms with Gasteiger partial charge in [0.25, 0.3) is 5.88 Å². The van der Waals surface area contributed by atoms with Gasteiger partial charge < -0.3 is 15.4 Å². The minimum absolute atomic E-state index is 0.139. The number of aryl methyl sites for hydroxylation is 1. The molecule has 2 unspecified atom stereocenters. The van der Waals surface area contributed by atoms with E-state index < -0.39 is 23.0 Å². The second-order valence-electron chi connectivity index (χ2n) is 6.82. The molecular weight excluding hydrogens is 391 g/mol. The predicted octanol–water partition coefficient (Wildman–Crippen LogP) is 2.60. The molecule has 2 aliphatic heterocycles. The Kier molecular flexibility index (Phi) is 4.60. The number of aliphatic imine (C=N–C) groups is 1. The van der Waals surface area contributed by atoms with Crippen LogP contribution in [0, 0.1) is 30.3 Å². The molecule has 148 valence electrons. The summed E-state index contributed by atoms with van der Waals surface area (Å²) in [6, 6.07) is 3.32. The van der Waals surface area contributed by atoms with Crippen LogP contribution in [0.4, 0.5) is 19.1 Å². The summed E-state index contributed by atoms with van der Waals surface area (Å²) >= 11 is 1.37. The Morgan fingerprint density at radius 3 is 2.82 bits per heavy atom. The largest absolute Gasteiger partial charge is 0.479 e. The highest BCUT2D eigenvalue weighted by molar-refractivity contribution is 8.13. The quantitative estimate of drug-likeness (QED) is 0.840. The monoisotopic (exact) mass is 409 g/mol. The van der Waals surface area contributed by atoms with Crippen molar-refractivity contribution in [3.05, 3.63) is 46.9 Å². The normalized spacial score (nSPS) is 24.1. The second-order valence-corrected chi connectivity index (χ2v) is 7.86. The summed E-state index contributed by atoms with van der Waals surface area (Å²) in [4.78, 5) is 14.7. The van der Waals surface area contributed by atoms with E-state index in [1.807, 2.05) is 0 Å². The smallest absolute Gasteiger partial charge is 0.255 e. The van der Waals surface area contributed by atoms with Crippen LogP contribution in [0.1, 0.15) is 11.3 Å². The van der Waals surface area contributed by atoms with E-state index in [9.17, 15) is 13.2 Å². The van der Waals surface area contributed by atoms with Crippen LogP contribution in [0.25, 0.3) is 0 Å². The molecule has 28 heavy (non-hydrogen) atoms. The molecule has 3 heterocycles. The van der Waals surface area contributed by atoms with E-state index in [0.717, 1.165) is 18.2 Å². The molecule has 2 atom stereocenters. The van der Waals surface area contributed by atoms with Gasteiger partial charge in [-0.3, -0.25) is 0 Å². The molecular formula is C18H18F3N5OS. The Hall–Kier alpha value is -2.49. The second kappa shape index (κ2) is 6.84. The molecule has 1 aromatic carbocycles. The van der Waals surface area contributed by atoms with Crippen LogP contribution in [-0.4, -0.2) is 41.1 Å². The van der Waals surface area contributed by atoms with Crippen LogP contribution in [0.5, 0.6) is 5.88 Å². The van der Waals surface area contributed by atoms with Gasteiger partial charge in [-0.05, 0) is 25.1 Å². The molecule has 2 aromatic rings. The zero-order chi connectivity index (χ0) is 20.1. The molecule has 10 heteroatoms. The first-order valence-corrected chi connectivity index (χ1v) is 9.59. The molecule has 4 rings (SSSR count). The fourth-order valence-electron chi connectivity index (χ4n) is 3.78. The number of nitrogens with two attached hydrogens (primary N) is 1. The lowest BCUT2D eigenvalue weighted by molar-refractivity contribution is 0.364. The maximum absolute atomic E-state index is 14.7. The number of aromatic nitrogens is 2. The van der Waals surface area contributed by atoms with Crippen molar-refractivity contribution in [2.45, 2.75) is 12.5 Å². The van der Waals surface area contributed by atoms with Crippen LogP contribution < -0.4 is 15.4 Å². The molecule has 1 saturated heterocycles. The van der Waals surface area contributed by atoms with Crippen molar-refractivity contribution in [3.63, 3.8) is 0 Å². The van der Waals surface area contributed by atoms with E-state index in [0.29, 0.717) is 17.5 Å². The van der Waals surface area contributed by atoms with Crippen molar-refractivity contribution in [2.24, 2.45) is 16.6 Å². The number of nitrogens with zero attached hydrogens (tertiary/aromatic N) is 4. The average molecular weight is 409 g/mol. The summed E-state index contributed by atoms with van der Waals surface area (Å²) in [6.45, 7) is 2.14. The van der Waals surface area contributed by atoms with E-state index in [1.54, 1.807) is 4.90 Å². The highest BCUT2D eigenvalue weighted by Crippen LogP contribution is 2.47. The Morgan fingerprint density at radius 2 is 2.07 bits per heavy atom. The van der Waals surface area contributed by atoms with Crippen molar-refractivity contribution < 1.29 is 17.9 Å². The predicted molar refractivity (Wildman–Crippen MR) is 101 cm³/mol. The highest BCUT2D eigenvalue weighted by Gasteiger charge is 2.52. The molecule has 0 saturated carbocycles. The maximum atomic E-state index is 14.7. The molecule has 2 N–H and O–H groups in total.